The second kappa shape index (κ2) is 10.7. The van der Waals surface area contributed by atoms with Gasteiger partial charge in [-0.05, 0) is 54.5 Å². The molecule has 1 heterocycles. The Balaban J connectivity index is 2.36. The van der Waals surface area contributed by atoms with E-state index in [-0.39, 0.29) is 22.2 Å². The van der Waals surface area contributed by atoms with E-state index in [1.807, 2.05) is 18.3 Å². The maximum Gasteiger partial charge on any atom is 0.307 e. The summed E-state index contributed by atoms with van der Waals surface area (Å²) in [6.45, 7) is 8.30. The summed E-state index contributed by atoms with van der Waals surface area (Å²) in [5.74, 6) is -0.0388. The number of methoxy groups -OCH3 is 1. The molecule has 0 aliphatic rings. The zero-order valence-corrected chi connectivity index (χ0v) is 19.8. The number of aryl methyl sites for hydroxylation is 2. The van der Waals surface area contributed by atoms with E-state index >= 15 is 0 Å². The number of nitrogens with zero attached hydrogens (tertiary/aromatic N) is 1. The van der Waals surface area contributed by atoms with Gasteiger partial charge >= 0.3 is 5.97 Å². The molecule has 1 aromatic carbocycles. The van der Waals surface area contributed by atoms with E-state index in [0.717, 1.165) is 34.2 Å². The Morgan fingerprint density at radius 1 is 1.17 bits per heavy atom. The smallest absolute Gasteiger partial charge is 0.307 e. The van der Waals surface area contributed by atoms with Crippen molar-refractivity contribution in [3.05, 3.63) is 53.3 Å². The number of pyridine rings is 1. The zero-order chi connectivity index (χ0) is 21.6. The Morgan fingerprint density at radius 3 is 2.41 bits per heavy atom. The van der Waals surface area contributed by atoms with Gasteiger partial charge < -0.3 is 10.1 Å². The molecule has 0 fully saturated rings. The highest BCUT2D eigenvalue weighted by Gasteiger charge is 2.24. The predicted molar refractivity (Wildman–Crippen MR) is 124 cm³/mol. The molecule has 156 valence electrons. The molecule has 0 radical (unpaired) electrons. The highest BCUT2D eigenvalue weighted by Crippen LogP contribution is 2.29. The highest BCUT2D eigenvalue weighted by atomic mass is 127. The molecule has 0 saturated carbocycles. The number of ether oxygens (including phenoxy) is 1. The molecule has 2 rings (SSSR count). The van der Waals surface area contributed by atoms with Crippen LogP contribution in [0.15, 0.2) is 36.7 Å². The summed E-state index contributed by atoms with van der Waals surface area (Å²) < 4.78 is 4.69. The molecular formula is C23H29IN2O3. The van der Waals surface area contributed by atoms with Crippen molar-refractivity contribution in [3.63, 3.8) is 0 Å². The topological polar surface area (TPSA) is 68.3 Å². The van der Waals surface area contributed by atoms with Crippen molar-refractivity contribution in [2.75, 3.05) is 7.11 Å². The second-order valence-electron chi connectivity index (χ2n) is 7.71. The quantitative estimate of drug-likeness (QED) is 0.312. The van der Waals surface area contributed by atoms with Crippen molar-refractivity contribution in [1.82, 2.24) is 10.3 Å². The number of rotatable bonds is 8. The number of benzene rings is 1. The Hall–Kier alpha value is -1.96. The minimum absolute atomic E-state index is 0.0607. The molecule has 2 atom stereocenters. The first-order valence-corrected chi connectivity index (χ1v) is 11.0. The van der Waals surface area contributed by atoms with E-state index in [1.165, 1.54) is 7.11 Å². The molecular weight excluding hydrogens is 479 g/mol. The van der Waals surface area contributed by atoms with Crippen LogP contribution in [0, 0.1) is 19.8 Å². The van der Waals surface area contributed by atoms with Gasteiger partial charge in [0.15, 0.2) is 0 Å². The molecule has 0 bridgehead atoms. The first-order valence-electron chi connectivity index (χ1n) is 9.75. The van der Waals surface area contributed by atoms with Crippen LogP contribution in [0.25, 0.3) is 11.1 Å². The van der Waals surface area contributed by atoms with E-state index in [2.05, 4.69) is 72.7 Å². The fourth-order valence-electron chi connectivity index (χ4n) is 3.34. The average molecular weight is 508 g/mol. The van der Waals surface area contributed by atoms with Gasteiger partial charge in [0.05, 0.1) is 23.5 Å². The van der Waals surface area contributed by atoms with Gasteiger partial charge in [-0.15, -0.1) is 0 Å². The third kappa shape index (κ3) is 6.52. The van der Waals surface area contributed by atoms with Crippen molar-refractivity contribution >= 4 is 34.5 Å². The van der Waals surface area contributed by atoms with Crippen LogP contribution >= 0.6 is 22.6 Å². The van der Waals surface area contributed by atoms with Crippen LogP contribution in [0.1, 0.15) is 49.4 Å². The molecule has 0 aliphatic heterocycles. The van der Waals surface area contributed by atoms with Gasteiger partial charge in [-0.1, -0.05) is 54.6 Å². The largest absolute Gasteiger partial charge is 0.469 e. The third-order valence-corrected chi connectivity index (χ3v) is 5.88. The molecule has 1 N–H and O–H groups in total. The van der Waals surface area contributed by atoms with Crippen LogP contribution in [-0.4, -0.2) is 27.9 Å². The Bertz CT molecular complexity index is 847. The molecule has 0 spiro atoms. The maximum atomic E-state index is 12.7. The monoisotopic (exact) mass is 508 g/mol. The molecule has 2 aromatic rings. The number of hydrogen-bond acceptors (Lipinski definition) is 4. The minimum atomic E-state index is -0.490. The SMILES string of the molecule is COC(=O)C[C@H](NC(=O)C(I)CC(C)C)c1cncc(-c2c(C)cccc2C)c1. The Morgan fingerprint density at radius 2 is 1.83 bits per heavy atom. The summed E-state index contributed by atoms with van der Waals surface area (Å²) in [6, 6.07) is 7.67. The molecule has 0 saturated heterocycles. The first-order chi connectivity index (χ1) is 13.7. The molecule has 1 aromatic heterocycles. The van der Waals surface area contributed by atoms with Crippen molar-refractivity contribution in [2.24, 2.45) is 5.92 Å². The van der Waals surface area contributed by atoms with Gasteiger partial charge in [0.25, 0.3) is 0 Å². The van der Waals surface area contributed by atoms with E-state index < -0.39 is 6.04 Å². The molecule has 5 nitrogen and oxygen atoms in total. The zero-order valence-electron chi connectivity index (χ0n) is 17.7. The fourth-order valence-corrected chi connectivity index (χ4v) is 4.54. The molecule has 1 unspecified atom stereocenters. The maximum absolute atomic E-state index is 12.7. The third-order valence-electron chi connectivity index (χ3n) is 4.81. The summed E-state index contributed by atoms with van der Waals surface area (Å²) in [5.41, 5.74) is 5.19. The molecule has 6 heteroatoms. The van der Waals surface area contributed by atoms with Crippen molar-refractivity contribution in [2.45, 2.75) is 50.5 Å². The summed E-state index contributed by atoms with van der Waals surface area (Å²) in [7, 11) is 1.35. The number of aromatic nitrogens is 1. The second-order valence-corrected chi connectivity index (χ2v) is 9.22. The van der Waals surface area contributed by atoms with E-state index in [1.54, 1.807) is 6.20 Å². The van der Waals surface area contributed by atoms with Gasteiger partial charge in [0.2, 0.25) is 5.91 Å². The summed E-state index contributed by atoms with van der Waals surface area (Å²) in [4.78, 5) is 29.1. The van der Waals surface area contributed by atoms with E-state index in [0.29, 0.717) is 5.92 Å². The standard InChI is InChI=1S/C23H29IN2O3/c1-14(2)9-19(24)23(28)26-20(11-21(27)29-5)17-10-18(13-25-12-17)22-15(3)7-6-8-16(22)4/h6-8,10,12-14,19-20H,9,11H2,1-5H3,(H,26,28)/t19?,20-/m0/s1. The normalized spacial score (nSPS) is 13.1. The van der Waals surface area contributed by atoms with Crippen LogP contribution in [0.3, 0.4) is 0 Å². The van der Waals surface area contributed by atoms with Crippen LogP contribution in [0.4, 0.5) is 0 Å². The average Bonchev–Trinajstić information content (AvgIpc) is 2.66. The number of carbonyl (C=O) groups is 2. The van der Waals surface area contributed by atoms with Crippen LogP contribution < -0.4 is 5.32 Å². The fraction of sp³-hybridized carbons (Fsp3) is 0.435. The summed E-state index contributed by atoms with van der Waals surface area (Å²) in [5, 5.41) is 3.02. The molecule has 0 aliphatic carbocycles. The number of carbonyl (C=O) groups excluding carboxylic acids is 2. The Kier molecular flexibility index (Phi) is 8.61. The van der Waals surface area contributed by atoms with Gasteiger partial charge in [0, 0.05) is 18.0 Å². The highest BCUT2D eigenvalue weighted by molar-refractivity contribution is 14.1. The van der Waals surface area contributed by atoms with Gasteiger partial charge in [-0.3, -0.25) is 14.6 Å². The van der Waals surface area contributed by atoms with E-state index in [9.17, 15) is 9.59 Å². The number of halogens is 1. The lowest BCUT2D eigenvalue weighted by molar-refractivity contribution is -0.141. The van der Waals surface area contributed by atoms with Gasteiger partial charge in [0.1, 0.15) is 0 Å². The molecule has 1 amide bonds. The Labute approximate surface area is 186 Å². The van der Waals surface area contributed by atoms with Gasteiger partial charge in [-0.25, -0.2) is 0 Å². The van der Waals surface area contributed by atoms with Crippen molar-refractivity contribution in [1.29, 1.82) is 0 Å². The first kappa shape index (κ1) is 23.3. The number of amides is 1. The lowest BCUT2D eigenvalue weighted by Crippen LogP contribution is -2.36. The minimum Gasteiger partial charge on any atom is -0.469 e. The van der Waals surface area contributed by atoms with Crippen molar-refractivity contribution in [3.8, 4) is 11.1 Å². The van der Waals surface area contributed by atoms with Crippen molar-refractivity contribution < 1.29 is 14.3 Å². The number of nitrogens with one attached hydrogen (secondary N) is 1. The lowest BCUT2D eigenvalue weighted by Gasteiger charge is -2.21. The van der Waals surface area contributed by atoms with Gasteiger partial charge in [-0.2, -0.15) is 0 Å². The lowest BCUT2D eigenvalue weighted by atomic mass is 9.94. The predicted octanol–water partition coefficient (Wildman–Crippen LogP) is 4.94. The van der Waals surface area contributed by atoms with Crippen LogP contribution in [0.5, 0.6) is 0 Å². The molecule has 29 heavy (non-hydrogen) atoms. The number of hydrogen-bond donors (Lipinski definition) is 1. The van der Waals surface area contributed by atoms with Crippen LogP contribution in [0.2, 0.25) is 0 Å². The summed E-state index contributed by atoms with van der Waals surface area (Å²) >= 11 is 2.16. The number of esters is 1. The van der Waals surface area contributed by atoms with Crippen LogP contribution in [-0.2, 0) is 14.3 Å². The number of alkyl halides is 1. The van der Waals surface area contributed by atoms with E-state index in [4.69, 9.17) is 4.74 Å². The summed E-state index contributed by atoms with van der Waals surface area (Å²) in [6.07, 6.45) is 4.36.